The summed E-state index contributed by atoms with van der Waals surface area (Å²) >= 11 is 1.26. The number of nitriles is 1. The van der Waals surface area contributed by atoms with Crippen molar-refractivity contribution in [2.24, 2.45) is 0 Å². The van der Waals surface area contributed by atoms with Crippen molar-refractivity contribution in [3.8, 4) is 6.07 Å². The first-order chi connectivity index (χ1) is 15.1. The topological polar surface area (TPSA) is 95.3 Å². The summed E-state index contributed by atoms with van der Waals surface area (Å²) in [5.41, 5.74) is 3.47. The number of pyridine rings is 1. The lowest BCUT2D eigenvalue weighted by Crippen LogP contribution is -2.43. The minimum atomic E-state index is -0.316. The number of para-hydroxylation sites is 1. The summed E-state index contributed by atoms with van der Waals surface area (Å²) in [5.74, 6) is -0.196. The number of carbonyl (C=O) groups excluding carboxylic acids is 2. The van der Waals surface area contributed by atoms with Gasteiger partial charge in [0.1, 0.15) is 17.2 Å². The second-order valence-corrected chi connectivity index (χ2v) is 8.64. The number of anilines is 1. The van der Waals surface area contributed by atoms with Crippen LogP contribution < -0.4 is 5.32 Å². The molecule has 2 aliphatic rings. The number of benzene rings is 1. The lowest BCUT2D eigenvalue weighted by molar-refractivity contribution is -0.147. The first-order valence-corrected chi connectivity index (χ1v) is 11.5. The third-order valence-corrected chi connectivity index (χ3v) is 6.48. The molecule has 1 aliphatic carbocycles. The largest absolute Gasteiger partial charge is 0.462 e. The molecule has 0 spiro atoms. The van der Waals surface area contributed by atoms with E-state index in [-0.39, 0.29) is 23.9 Å². The second-order valence-electron chi connectivity index (χ2n) is 7.67. The fourth-order valence-corrected chi connectivity index (χ4v) is 4.65. The van der Waals surface area contributed by atoms with Crippen molar-refractivity contribution in [1.82, 2.24) is 9.88 Å². The number of aromatic nitrogens is 1. The summed E-state index contributed by atoms with van der Waals surface area (Å²) in [6, 6.07) is 13.3. The van der Waals surface area contributed by atoms with Crippen molar-refractivity contribution in [1.29, 1.82) is 5.26 Å². The van der Waals surface area contributed by atoms with Gasteiger partial charge >= 0.3 is 12.0 Å². The Bertz CT molecular complexity index is 998. The van der Waals surface area contributed by atoms with Gasteiger partial charge in [-0.2, -0.15) is 5.26 Å². The number of likely N-dealkylation sites (tertiary alicyclic amines) is 1. The Kier molecular flexibility index (Phi) is 6.73. The van der Waals surface area contributed by atoms with E-state index in [0.717, 1.165) is 36.2 Å². The van der Waals surface area contributed by atoms with Crippen molar-refractivity contribution in [2.75, 3.05) is 24.2 Å². The van der Waals surface area contributed by atoms with Crippen LogP contribution in [0, 0.1) is 11.3 Å². The molecule has 0 unspecified atom stereocenters. The molecule has 1 fully saturated rings. The zero-order chi connectivity index (χ0) is 21.6. The molecule has 2 amide bonds. The monoisotopic (exact) mass is 436 g/mol. The van der Waals surface area contributed by atoms with E-state index in [4.69, 9.17) is 4.74 Å². The number of hydrogen-bond acceptors (Lipinski definition) is 6. The highest BCUT2D eigenvalue weighted by Gasteiger charge is 2.25. The number of carbonyl (C=O) groups is 2. The highest BCUT2D eigenvalue weighted by atomic mass is 32.2. The first kappa shape index (κ1) is 21.2. The highest BCUT2D eigenvalue weighted by Crippen LogP contribution is 2.28. The maximum absolute atomic E-state index is 12.4. The Morgan fingerprint density at radius 1 is 1.23 bits per heavy atom. The standard InChI is InChI=1S/C23H24N4O3S/c24-14-17-13-16-5-4-8-20(16)26-22(17)31-15-21(28)30-19-9-11-27(12-10-19)23(29)25-18-6-2-1-3-7-18/h1-3,6-7,13,19H,4-5,8-12,15H2,(H,25,29). The van der Waals surface area contributed by atoms with Crippen molar-refractivity contribution in [3.05, 3.63) is 53.2 Å². The van der Waals surface area contributed by atoms with Crippen LogP contribution in [0.15, 0.2) is 41.4 Å². The molecule has 0 atom stereocenters. The predicted octanol–water partition coefficient (Wildman–Crippen LogP) is 3.77. The molecule has 1 aromatic heterocycles. The van der Waals surface area contributed by atoms with Crippen LogP contribution in [-0.4, -0.2) is 46.8 Å². The number of hydrogen-bond donors (Lipinski definition) is 1. The number of fused-ring (bicyclic) bond motifs is 1. The second kappa shape index (κ2) is 9.84. The van der Waals surface area contributed by atoms with Crippen LogP contribution in [0.5, 0.6) is 0 Å². The normalized spacial score (nSPS) is 15.8. The van der Waals surface area contributed by atoms with E-state index >= 15 is 0 Å². The number of piperidine rings is 1. The van der Waals surface area contributed by atoms with Gasteiger partial charge in [-0.05, 0) is 43.0 Å². The van der Waals surface area contributed by atoms with Crippen molar-refractivity contribution >= 4 is 29.4 Å². The molecule has 0 radical (unpaired) electrons. The van der Waals surface area contributed by atoms with Gasteiger partial charge in [0.25, 0.3) is 0 Å². The summed E-state index contributed by atoms with van der Waals surface area (Å²) in [6.07, 6.45) is 3.97. The molecule has 2 aromatic rings. The molecule has 160 valence electrons. The van der Waals surface area contributed by atoms with Gasteiger partial charge in [0.15, 0.2) is 0 Å². The van der Waals surface area contributed by atoms with Crippen LogP contribution in [0.4, 0.5) is 10.5 Å². The Labute approximate surface area is 185 Å². The van der Waals surface area contributed by atoms with Gasteiger partial charge in [-0.25, -0.2) is 9.78 Å². The number of amides is 2. The zero-order valence-corrected chi connectivity index (χ0v) is 18.0. The summed E-state index contributed by atoms with van der Waals surface area (Å²) in [5, 5.41) is 12.9. The summed E-state index contributed by atoms with van der Waals surface area (Å²) in [7, 11) is 0. The number of nitrogens with zero attached hydrogens (tertiary/aromatic N) is 3. The molecule has 8 heteroatoms. The fourth-order valence-electron chi connectivity index (χ4n) is 3.89. The predicted molar refractivity (Wildman–Crippen MR) is 118 cm³/mol. The number of aryl methyl sites for hydroxylation is 2. The first-order valence-electron chi connectivity index (χ1n) is 10.5. The lowest BCUT2D eigenvalue weighted by Gasteiger charge is -2.31. The molecular weight excluding hydrogens is 412 g/mol. The molecule has 0 bridgehead atoms. The molecule has 1 aliphatic heterocycles. The maximum atomic E-state index is 12.4. The lowest BCUT2D eigenvalue weighted by atomic mass is 10.1. The van der Waals surface area contributed by atoms with E-state index in [1.165, 1.54) is 11.8 Å². The molecule has 7 nitrogen and oxygen atoms in total. The molecule has 0 saturated carbocycles. The molecule has 31 heavy (non-hydrogen) atoms. The van der Waals surface area contributed by atoms with E-state index < -0.39 is 0 Å². The summed E-state index contributed by atoms with van der Waals surface area (Å²) in [4.78, 5) is 31.0. The number of esters is 1. The number of urea groups is 1. The number of ether oxygens (including phenoxy) is 1. The van der Waals surface area contributed by atoms with Crippen LogP contribution in [0.1, 0.15) is 36.1 Å². The Morgan fingerprint density at radius 2 is 2.00 bits per heavy atom. The summed E-state index contributed by atoms with van der Waals surface area (Å²) in [6.45, 7) is 1.07. The van der Waals surface area contributed by atoms with Crippen molar-refractivity contribution < 1.29 is 14.3 Å². The van der Waals surface area contributed by atoms with E-state index in [0.29, 0.717) is 36.5 Å². The maximum Gasteiger partial charge on any atom is 0.321 e. The third-order valence-electron chi connectivity index (χ3n) is 5.52. The number of nitrogens with one attached hydrogen (secondary N) is 1. The third kappa shape index (κ3) is 5.36. The van der Waals surface area contributed by atoms with E-state index in [1.807, 2.05) is 36.4 Å². The SMILES string of the molecule is N#Cc1cc2c(nc1SCC(=O)OC1CCN(C(=O)Nc3ccccc3)CC1)CCC2. The van der Waals surface area contributed by atoms with Crippen molar-refractivity contribution in [3.63, 3.8) is 0 Å². The fraction of sp³-hybridized carbons (Fsp3) is 0.391. The van der Waals surface area contributed by atoms with Gasteiger partial charge in [0, 0.05) is 37.3 Å². The Balaban J connectivity index is 1.23. The molecule has 1 saturated heterocycles. The highest BCUT2D eigenvalue weighted by molar-refractivity contribution is 7.99. The molecule has 4 rings (SSSR count). The van der Waals surface area contributed by atoms with Gasteiger partial charge in [0.05, 0.1) is 11.3 Å². The van der Waals surface area contributed by atoms with E-state index in [1.54, 1.807) is 4.90 Å². The number of rotatable bonds is 5. The minimum Gasteiger partial charge on any atom is -0.462 e. The Morgan fingerprint density at radius 3 is 2.74 bits per heavy atom. The van der Waals surface area contributed by atoms with E-state index in [2.05, 4.69) is 16.4 Å². The van der Waals surface area contributed by atoms with Crippen LogP contribution in [0.2, 0.25) is 0 Å². The van der Waals surface area contributed by atoms with Gasteiger partial charge in [-0.15, -0.1) is 0 Å². The quantitative estimate of drug-likeness (QED) is 0.566. The van der Waals surface area contributed by atoms with Gasteiger partial charge < -0.3 is 15.0 Å². The molecule has 1 aromatic carbocycles. The Hall–Kier alpha value is -3.05. The average Bonchev–Trinajstić information content (AvgIpc) is 3.25. The van der Waals surface area contributed by atoms with Crippen LogP contribution in [0.3, 0.4) is 0 Å². The molecule has 1 N–H and O–H groups in total. The van der Waals surface area contributed by atoms with Gasteiger partial charge in [-0.1, -0.05) is 30.0 Å². The zero-order valence-electron chi connectivity index (χ0n) is 17.2. The van der Waals surface area contributed by atoms with Gasteiger partial charge in [-0.3, -0.25) is 4.79 Å². The summed E-state index contributed by atoms with van der Waals surface area (Å²) < 4.78 is 5.60. The molecular formula is C23H24N4O3S. The molecule has 2 heterocycles. The minimum absolute atomic E-state index is 0.120. The number of thioether (sulfide) groups is 1. The smallest absolute Gasteiger partial charge is 0.321 e. The van der Waals surface area contributed by atoms with E-state index in [9.17, 15) is 14.9 Å². The van der Waals surface area contributed by atoms with Gasteiger partial charge in [0.2, 0.25) is 0 Å². The van der Waals surface area contributed by atoms with Crippen LogP contribution in [0.25, 0.3) is 0 Å². The van der Waals surface area contributed by atoms with Crippen LogP contribution >= 0.6 is 11.8 Å². The van der Waals surface area contributed by atoms with Crippen molar-refractivity contribution in [2.45, 2.75) is 43.2 Å². The average molecular weight is 437 g/mol. The van der Waals surface area contributed by atoms with Crippen LogP contribution in [-0.2, 0) is 22.4 Å².